The summed E-state index contributed by atoms with van der Waals surface area (Å²) in [6, 6.07) is 0.946. The molecule has 2 aromatic heterocycles. The van der Waals surface area contributed by atoms with Gasteiger partial charge >= 0.3 is 6.03 Å². The topological polar surface area (TPSA) is 121 Å². The van der Waals surface area contributed by atoms with Crippen molar-refractivity contribution < 1.29 is 24.0 Å². The monoisotopic (exact) mass is 497 g/mol. The van der Waals surface area contributed by atoms with Gasteiger partial charge in [0.25, 0.3) is 5.91 Å². The fourth-order valence-corrected chi connectivity index (χ4v) is 3.89. The number of carbonyl (C=O) groups excluding carboxylic acids is 2. The number of carbonyl (C=O) groups is 2. The van der Waals surface area contributed by atoms with Gasteiger partial charge in [-0.15, -0.1) is 0 Å². The van der Waals surface area contributed by atoms with Crippen molar-refractivity contribution in [3.8, 4) is 17.7 Å². The lowest BCUT2D eigenvalue weighted by atomic mass is 10.00. The lowest BCUT2D eigenvalue weighted by molar-refractivity contribution is 0.0356. The Kier molecular flexibility index (Phi) is 8.93. The van der Waals surface area contributed by atoms with Crippen molar-refractivity contribution in [2.45, 2.75) is 59.6 Å². The molecule has 0 radical (unpaired) electrons. The number of pyridine rings is 1. The molecule has 3 heterocycles. The van der Waals surface area contributed by atoms with E-state index >= 15 is 0 Å². The van der Waals surface area contributed by atoms with Gasteiger partial charge in [0.05, 0.1) is 19.2 Å². The number of aromatic nitrogens is 2. The van der Waals surface area contributed by atoms with E-state index in [-0.39, 0.29) is 36.9 Å². The molecule has 0 unspecified atom stereocenters. The predicted octanol–water partition coefficient (Wildman–Crippen LogP) is 3.22. The number of aliphatic hydroxyl groups is 1. The van der Waals surface area contributed by atoms with E-state index in [0.717, 1.165) is 12.8 Å². The molecule has 36 heavy (non-hydrogen) atoms. The Bertz CT molecular complexity index is 1130. The summed E-state index contributed by atoms with van der Waals surface area (Å²) >= 11 is 0. The molecule has 0 fully saturated rings. The van der Waals surface area contributed by atoms with Crippen molar-refractivity contribution >= 4 is 17.6 Å². The van der Waals surface area contributed by atoms with E-state index in [4.69, 9.17) is 9.26 Å². The highest BCUT2D eigenvalue weighted by molar-refractivity contribution is 5.97. The molecule has 0 spiro atoms. The third-order valence-electron chi connectivity index (χ3n) is 6.19. The van der Waals surface area contributed by atoms with Crippen molar-refractivity contribution in [3.63, 3.8) is 0 Å². The van der Waals surface area contributed by atoms with Gasteiger partial charge in [-0.05, 0) is 33.3 Å². The number of anilines is 1. The van der Waals surface area contributed by atoms with Gasteiger partial charge < -0.3 is 29.5 Å². The summed E-state index contributed by atoms with van der Waals surface area (Å²) in [5.74, 6) is 6.40. The molecule has 0 aromatic carbocycles. The zero-order valence-electron chi connectivity index (χ0n) is 21.8. The quantitative estimate of drug-likeness (QED) is 0.588. The van der Waals surface area contributed by atoms with Crippen molar-refractivity contribution in [1.29, 1.82) is 0 Å². The molecule has 3 atom stereocenters. The SMILES string of the molecule is CCCC#Cc1cnc2c(c1)C(=O)N([C@H](C)CO)C[C@@H](C)[C@@H](CN(C)C(=O)Nc1c(C)noc1C)O2. The number of hydrogen-bond acceptors (Lipinski definition) is 7. The first-order chi connectivity index (χ1) is 17.2. The molecule has 194 valence electrons. The van der Waals surface area contributed by atoms with Gasteiger partial charge in [0.1, 0.15) is 23.0 Å². The average Bonchev–Trinajstić information content (AvgIpc) is 3.18. The van der Waals surface area contributed by atoms with Gasteiger partial charge in [-0.3, -0.25) is 4.79 Å². The number of aryl methyl sites for hydroxylation is 2. The maximum absolute atomic E-state index is 13.5. The molecular formula is C26H35N5O5. The van der Waals surface area contributed by atoms with Crippen molar-refractivity contribution in [2.24, 2.45) is 5.92 Å². The van der Waals surface area contributed by atoms with Crippen LogP contribution in [0.4, 0.5) is 10.5 Å². The minimum atomic E-state index is -0.463. The lowest BCUT2D eigenvalue weighted by Crippen LogP contribution is -2.50. The highest BCUT2D eigenvalue weighted by atomic mass is 16.5. The van der Waals surface area contributed by atoms with Crippen LogP contribution in [0.25, 0.3) is 0 Å². The number of unbranched alkanes of at least 4 members (excludes halogenated alkanes) is 1. The van der Waals surface area contributed by atoms with Crippen LogP contribution in [0.2, 0.25) is 0 Å². The van der Waals surface area contributed by atoms with Crippen LogP contribution < -0.4 is 10.1 Å². The van der Waals surface area contributed by atoms with Crippen molar-refractivity contribution in [2.75, 3.05) is 32.1 Å². The number of nitrogens with zero attached hydrogens (tertiary/aromatic N) is 4. The Hall–Kier alpha value is -3.58. The van der Waals surface area contributed by atoms with Gasteiger partial charge in [0, 0.05) is 37.7 Å². The normalized spacial score (nSPS) is 18.2. The van der Waals surface area contributed by atoms with Gasteiger partial charge in [0.2, 0.25) is 5.88 Å². The van der Waals surface area contributed by atoms with E-state index in [0.29, 0.717) is 34.8 Å². The van der Waals surface area contributed by atoms with Crippen molar-refractivity contribution in [1.82, 2.24) is 19.9 Å². The number of likely N-dealkylation sites (N-methyl/N-ethyl adjacent to an activating group) is 1. The molecule has 1 aliphatic rings. The number of ether oxygens (including phenoxy) is 1. The van der Waals surface area contributed by atoms with Crippen LogP contribution in [0.5, 0.6) is 5.88 Å². The van der Waals surface area contributed by atoms with E-state index in [9.17, 15) is 14.7 Å². The molecule has 0 saturated heterocycles. The van der Waals surface area contributed by atoms with Gasteiger partial charge in [-0.25, -0.2) is 9.78 Å². The van der Waals surface area contributed by atoms with E-state index in [1.54, 1.807) is 45.0 Å². The Morgan fingerprint density at radius 3 is 2.81 bits per heavy atom. The molecule has 0 aliphatic carbocycles. The first kappa shape index (κ1) is 27.0. The Balaban J connectivity index is 1.88. The molecular weight excluding hydrogens is 462 g/mol. The molecule has 10 heteroatoms. The van der Waals surface area contributed by atoms with Crippen LogP contribution in [0.15, 0.2) is 16.8 Å². The average molecular weight is 498 g/mol. The second-order valence-corrected chi connectivity index (χ2v) is 9.26. The van der Waals surface area contributed by atoms with Gasteiger partial charge in [-0.2, -0.15) is 0 Å². The predicted molar refractivity (Wildman–Crippen MR) is 135 cm³/mol. The summed E-state index contributed by atoms with van der Waals surface area (Å²) in [5, 5.41) is 16.5. The highest BCUT2D eigenvalue weighted by Crippen LogP contribution is 2.27. The zero-order chi connectivity index (χ0) is 26.4. The van der Waals surface area contributed by atoms with Crippen molar-refractivity contribution in [3.05, 3.63) is 34.8 Å². The summed E-state index contributed by atoms with van der Waals surface area (Å²) < 4.78 is 11.4. The molecule has 2 aromatic rings. The van der Waals surface area contributed by atoms with Gasteiger partial charge in [-0.1, -0.05) is 30.8 Å². The first-order valence-corrected chi connectivity index (χ1v) is 12.2. The van der Waals surface area contributed by atoms with E-state index in [2.05, 4.69) is 27.3 Å². The number of nitrogens with one attached hydrogen (secondary N) is 1. The number of aliphatic hydroxyl groups excluding tert-OH is 1. The maximum Gasteiger partial charge on any atom is 0.321 e. The zero-order valence-corrected chi connectivity index (χ0v) is 21.8. The second kappa shape index (κ2) is 11.9. The molecule has 10 nitrogen and oxygen atoms in total. The summed E-state index contributed by atoms with van der Waals surface area (Å²) in [6.45, 7) is 9.68. The molecule has 1 aliphatic heterocycles. The Morgan fingerprint density at radius 1 is 1.42 bits per heavy atom. The van der Waals surface area contributed by atoms with Crippen LogP contribution in [0.1, 0.15) is 61.0 Å². The Labute approximate surface area is 212 Å². The number of amides is 3. The largest absolute Gasteiger partial charge is 0.472 e. The maximum atomic E-state index is 13.5. The van der Waals surface area contributed by atoms with E-state index in [1.165, 1.54) is 4.90 Å². The standard InChI is InChI=1S/C26H35N5O5/c1-7-8-9-10-20-11-21-24(27-12-20)35-22(16(2)13-31(25(21)33)17(3)15-32)14-30(6)26(34)28-23-18(4)29-36-19(23)5/h11-12,16-17,22,32H,7-8,13-15H2,1-6H3,(H,28,34)/t16-,17-,22-/m1/s1. The Morgan fingerprint density at radius 2 is 2.17 bits per heavy atom. The van der Waals surface area contributed by atoms with Gasteiger partial charge in [0.15, 0.2) is 5.76 Å². The minimum Gasteiger partial charge on any atom is -0.472 e. The van der Waals surface area contributed by atoms with Crippen LogP contribution >= 0.6 is 0 Å². The van der Waals surface area contributed by atoms with Crippen LogP contribution in [-0.4, -0.2) is 75.9 Å². The first-order valence-electron chi connectivity index (χ1n) is 12.2. The van der Waals surface area contributed by atoms with Crippen LogP contribution in [0.3, 0.4) is 0 Å². The number of rotatable bonds is 6. The number of hydrogen-bond donors (Lipinski definition) is 2. The fraction of sp³-hybridized carbons (Fsp3) is 0.538. The molecule has 3 amide bonds. The van der Waals surface area contributed by atoms with Crippen LogP contribution in [-0.2, 0) is 0 Å². The number of fused-ring (bicyclic) bond motifs is 1. The third kappa shape index (κ3) is 6.15. The number of urea groups is 1. The second-order valence-electron chi connectivity index (χ2n) is 9.26. The lowest BCUT2D eigenvalue weighted by Gasteiger charge is -2.37. The fourth-order valence-electron chi connectivity index (χ4n) is 3.89. The molecule has 2 N–H and O–H groups in total. The molecule has 0 bridgehead atoms. The summed E-state index contributed by atoms with van der Waals surface area (Å²) in [7, 11) is 1.67. The van der Waals surface area contributed by atoms with Crippen LogP contribution in [0, 0.1) is 31.6 Å². The molecule has 3 rings (SSSR count). The smallest absolute Gasteiger partial charge is 0.321 e. The van der Waals surface area contributed by atoms with E-state index < -0.39 is 12.1 Å². The summed E-state index contributed by atoms with van der Waals surface area (Å²) in [5.41, 5.74) is 2.04. The summed E-state index contributed by atoms with van der Waals surface area (Å²) in [6.07, 6.45) is 2.81. The highest BCUT2D eigenvalue weighted by Gasteiger charge is 2.34. The minimum absolute atomic E-state index is 0.156. The summed E-state index contributed by atoms with van der Waals surface area (Å²) in [4.78, 5) is 33.9. The third-order valence-corrected chi connectivity index (χ3v) is 6.19. The molecule has 0 saturated carbocycles. The van der Waals surface area contributed by atoms with E-state index in [1.807, 2.05) is 13.8 Å².